The minimum atomic E-state index is -3.07. The summed E-state index contributed by atoms with van der Waals surface area (Å²) < 4.78 is 28.0. The molecule has 0 radical (unpaired) electrons. The van der Waals surface area contributed by atoms with Crippen molar-refractivity contribution < 1.29 is 22.7 Å². The van der Waals surface area contributed by atoms with E-state index in [1.165, 1.54) is 18.7 Å². The molecule has 0 unspecified atom stereocenters. The molecule has 0 saturated carbocycles. The first-order chi connectivity index (χ1) is 11.7. The summed E-state index contributed by atoms with van der Waals surface area (Å²) in [5, 5.41) is 2.18. The van der Waals surface area contributed by atoms with Crippen molar-refractivity contribution in [1.82, 2.24) is 5.32 Å². The molecule has 2 rings (SSSR count). The Morgan fingerprint density at radius 3 is 2.44 bits per heavy atom. The molecule has 1 aromatic rings. The summed E-state index contributed by atoms with van der Waals surface area (Å²) in [6.07, 6.45) is -0.564. The molecule has 1 N–H and O–H groups in total. The Hall–Kier alpha value is -1.54. The van der Waals surface area contributed by atoms with Gasteiger partial charge < -0.3 is 10.1 Å². The Labute approximate surface area is 152 Å². The van der Waals surface area contributed by atoms with Crippen LogP contribution >= 0.6 is 11.8 Å². The van der Waals surface area contributed by atoms with Gasteiger partial charge in [0.15, 0.2) is 15.9 Å². The van der Waals surface area contributed by atoms with E-state index in [9.17, 15) is 18.0 Å². The van der Waals surface area contributed by atoms with Crippen LogP contribution in [0, 0.1) is 6.92 Å². The molecular formula is C17H23NO5S2. The zero-order chi connectivity index (χ0) is 18.6. The quantitative estimate of drug-likeness (QED) is 0.592. The first-order valence-electron chi connectivity index (χ1n) is 8.11. The van der Waals surface area contributed by atoms with Crippen LogP contribution in [0.5, 0.6) is 0 Å². The molecular weight excluding hydrogens is 362 g/mol. The van der Waals surface area contributed by atoms with Crippen LogP contribution in [0.15, 0.2) is 29.2 Å². The monoisotopic (exact) mass is 385 g/mol. The van der Waals surface area contributed by atoms with Crippen molar-refractivity contribution in [3.8, 4) is 0 Å². The number of hydrogen-bond acceptors (Lipinski definition) is 6. The summed E-state index contributed by atoms with van der Waals surface area (Å²) >= 11 is 1.36. The largest absolute Gasteiger partial charge is 0.452 e. The molecule has 1 heterocycles. The van der Waals surface area contributed by atoms with Gasteiger partial charge in [0.25, 0.3) is 5.91 Å². The first-order valence-corrected chi connectivity index (χ1v) is 10.8. The smallest absolute Gasteiger partial charge is 0.319 e. The van der Waals surface area contributed by atoms with Crippen molar-refractivity contribution >= 4 is 33.5 Å². The van der Waals surface area contributed by atoms with Crippen molar-refractivity contribution in [3.05, 3.63) is 29.8 Å². The van der Waals surface area contributed by atoms with Gasteiger partial charge in [0.2, 0.25) is 0 Å². The van der Waals surface area contributed by atoms with E-state index in [-0.39, 0.29) is 11.5 Å². The van der Waals surface area contributed by atoms with Crippen LogP contribution in [0.4, 0.5) is 0 Å². The van der Waals surface area contributed by atoms with Crippen LogP contribution in [-0.4, -0.2) is 49.2 Å². The fraction of sp³-hybridized carbons (Fsp3) is 0.529. The lowest BCUT2D eigenvalue weighted by Crippen LogP contribution is -2.43. The second-order valence-electron chi connectivity index (χ2n) is 6.26. The van der Waals surface area contributed by atoms with Gasteiger partial charge >= 0.3 is 5.97 Å². The first kappa shape index (κ1) is 19.8. The van der Waals surface area contributed by atoms with Crippen LogP contribution in [-0.2, 0) is 24.2 Å². The number of esters is 1. The van der Waals surface area contributed by atoms with Crippen molar-refractivity contribution in [1.29, 1.82) is 0 Å². The van der Waals surface area contributed by atoms with Gasteiger partial charge in [0.05, 0.1) is 11.5 Å². The van der Waals surface area contributed by atoms with Crippen molar-refractivity contribution in [2.45, 2.75) is 49.5 Å². The van der Waals surface area contributed by atoms with Crippen LogP contribution in [0.1, 0.15) is 25.8 Å². The maximum absolute atomic E-state index is 12.2. The Kier molecular flexibility index (Phi) is 6.51. The van der Waals surface area contributed by atoms with Gasteiger partial charge in [-0.25, -0.2) is 8.42 Å². The second-order valence-corrected chi connectivity index (χ2v) is 9.90. The molecule has 0 aromatic heterocycles. The SMILES string of the molecule is Cc1ccc(S[C@H](C)C(=O)O[C@@H](C)C(=O)N[C@@H]2CCS(=O)(=O)C2)cc1. The number of carbonyl (C=O) groups excluding carboxylic acids is 2. The lowest BCUT2D eigenvalue weighted by molar-refractivity contribution is -0.154. The van der Waals surface area contributed by atoms with Crippen LogP contribution in [0.25, 0.3) is 0 Å². The third kappa shape index (κ3) is 6.04. The molecule has 6 nitrogen and oxygen atoms in total. The summed E-state index contributed by atoms with van der Waals surface area (Å²) in [6, 6.07) is 7.39. The summed E-state index contributed by atoms with van der Waals surface area (Å²) in [6.45, 7) is 5.20. The van der Waals surface area contributed by atoms with E-state index in [4.69, 9.17) is 4.74 Å². The number of sulfone groups is 1. The average Bonchev–Trinajstić information content (AvgIpc) is 2.88. The number of hydrogen-bond donors (Lipinski definition) is 1. The highest BCUT2D eigenvalue weighted by Gasteiger charge is 2.31. The number of aryl methyl sites for hydroxylation is 1. The Bertz CT molecular complexity index is 730. The second kappa shape index (κ2) is 8.23. The van der Waals surface area contributed by atoms with E-state index < -0.39 is 39.1 Å². The molecule has 1 fully saturated rings. The minimum Gasteiger partial charge on any atom is -0.452 e. The van der Waals surface area contributed by atoms with Crippen molar-refractivity contribution in [2.24, 2.45) is 0 Å². The number of nitrogens with one attached hydrogen (secondary N) is 1. The molecule has 0 spiro atoms. The normalized spacial score (nSPS) is 21.3. The highest BCUT2D eigenvalue weighted by molar-refractivity contribution is 8.00. The van der Waals surface area contributed by atoms with Gasteiger partial charge in [-0.15, -0.1) is 11.8 Å². The van der Waals surface area contributed by atoms with Gasteiger partial charge in [-0.3, -0.25) is 9.59 Å². The number of ether oxygens (including phenoxy) is 1. The minimum absolute atomic E-state index is 0.0565. The number of carbonyl (C=O) groups is 2. The lowest BCUT2D eigenvalue weighted by Gasteiger charge is -2.18. The van der Waals surface area contributed by atoms with E-state index in [1.54, 1.807) is 6.92 Å². The Morgan fingerprint density at radius 2 is 1.88 bits per heavy atom. The van der Waals surface area contributed by atoms with Gasteiger partial charge in [-0.05, 0) is 39.3 Å². The fourth-order valence-electron chi connectivity index (χ4n) is 2.42. The van der Waals surface area contributed by atoms with E-state index in [1.807, 2.05) is 31.2 Å². The van der Waals surface area contributed by atoms with Crippen LogP contribution in [0.3, 0.4) is 0 Å². The predicted molar refractivity (Wildman–Crippen MR) is 97.3 cm³/mol. The van der Waals surface area contributed by atoms with E-state index in [0.717, 1.165) is 10.5 Å². The average molecular weight is 386 g/mol. The number of rotatable bonds is 6. The lowest BCUT2D eigenvalue weighted by atomic mass is 10.2. The van der Waals surface area contributed by atoms with Crippen LogP contribution in [0.2, 0.25) is 0 Å². The van der Waals surface area contributed by atoms with Gasteiger partial charge in [-0.2, -0.15) is 0 Å². The fourth-order valence-corrected chi connectivity index (χ4v) is 4.95. The summed E-state index contributed by atoms with van der Waals surface area (Å²) in [7, 11) is -3.07. The molecule has 1 saturated heterocycles. The van der Waals surface area contributed by atoms with Gasteiger partial charge in [-0.1, -0.05) is 17.7 Å². The van der Waals surface area contributed by atoms with E-state index in [0.29, 0.717) is 6.42 Å². The third-order valence-electron chi connectivity index (χ3n) is 3.91. The molecule has 0 aliphatic carbocycles. The maximum Gasteiger partial charge on any atom is 0.319 e. The molecule has 1 aromatic carbocycles. The van der Waals surface area contributed by atoms with Gasteiger partial charge in [0.1, 0.15) is 5.25 Å². The molecule has 1 aliphatic rings. The highest BCUT2D eigenvalue weighted by Crippen LogP contribution is 2.24. The summed E-state index contributed by atoms with van der Waals surface area (Å²) in [4.78, 5) is 25.2. The Balaban J connectivity index is 1.82. The topological polar surface area (TPSA) is 89.5 Å². The number of amides is 1. The standard InChI is InChI=1S/C17H23NO5S2/c1-11-4-6-15(7-5-11)24-13(3)17(20)23-12(2)16(19)18-14-8-9-25(21,22)10-14/h4-7,12-14H,8-10H2,1-3H3,(H,18,19)/t12-,13+,14+/m0/s1. The molecule has 1 amide bonds. The molecule has 8 heteroatoms. The summed E-state index contributed by atoms with van der Waals surface area (Å²) in [5.74, 6) is -0.926. The highest BCUT2D eigenvalue weighted by atomic mass is 32.2. The Morgan fingerprint density at radius 1 is 1.24 bits per heavy atom. The predicted octanol–water partition coefficient (Wildman–Crippen LogP) is 1.71. The molecule has 3 atom stereocenters. The zero-order valence-corrected chi connectivity index (χ0v) is 16.2. The molecule has 1 aliphatic heterocycles. The van der Waals surface area contributed by atoms with Crippen molar-refractivity contribution in [2.75, 3.05) is 11.5 Å². The van der Waals surface area contributed by atoms with Gasteiger partial charge in [0, 0.05) is 10.9 Å². The maximum atomic E-state index is 12.2. The number of thioether (sulfide) groups is 1. The third-order valence-corrected chi connectivity index (χ3v) is 6.77. The van der Waals surface area contributed by atoms with Crippen molar-refractivity contribution in [3.63, 3.8) is 0 Å². The molecule has 25 heavy (non-hydrogen) atoms. The van der Waals surface area contributed by atoms with E-state index in [2.05, 4.69) is 5.32 Å². The molecule has 0 bridgehead atoms. The molecule has 138 valence electrons. The number of benzene rings is 1. The summed E-state index contributed by atoms with van der Waals surface area (Å²) in [5.41, 5.74) is 1.14. The van der Waals surface area contributed by atoms with Crippen LogP contribution < -0.4 is 5.32 Å². The zero-order valence-electron chi connectivity index (χ0n) is 14.5. The van der Waals surface area contributed by atoms with E-state index >= 15 is 0 Å².